The Morgan fingerprint density at radius 3 is 1.28 bits per heavy atom. The molecule has 71 heavy (non-hydrogen) atoms. The van der Waals surface area contributed by atoms with Crippen molar-refractivity contribution in [2.45, 2.75) is 128 Å². The van der Waals surface area contributed by atoms with Crippen molar-refractivity contribution in [3.8, 4) is 11.5 Å². The molecule has 0 radical (unpaired) electrons. The molecule has 0 aliphatic carbocycles. The summed E-state index contributed by atoms with van der Waals surface area (Å²) in [5, 5.41) is 43.4. The Balaban J connectivity index is 0.00000605. The molecule has 0 bridgehead atoms. The molecule has 0 saturated heterocycles. The highest BCUT2D eigenvalue weighted by Gasteiger charge is 2.34. The minimum absolute atomic E-state index is 0.0423. The summed E-state index contributed by atoms with van der Waals surface area (Å²) in [4.78, 5) is 112. The zero-order valence-corrected chi connectivity index (χ0v) is 40.8. The molecular formula is C46H74N14O11. The number of aromatic hydroxyl groups is 2. The van der Waals surface area contributed by atoms with Crippen LogP contribution in [-0.2, 0) is 51.2 Å². The van der Waals surface area contributed by atoms with Gasteiger partial charge in [-0.1, -0.05) is 44.5 Å². The van der Waals surface area contributed by atoms with E-state index in [1.165, 1.54) is 55.5 Å². The number of unbranched alkanes of at least 4 members (excludes halogenated alkanes) is 1. The second kappa shape index (κ2) is 32.9. The molecule has 0 heterocycles. The molecule has 0 fully saturated rings. The number of carboxylic acids is 1. The van der Waals surface area contributed by atoms with Gasteiger partial charge in [-0.2, -0.15) is 0 Å². The third-order valence-corrected chi connectivity index (χ3v) is 10.6. The van der Waals surface area contributed by atoms with Crippen molar-refractivity contribution in [2.75, 3.05) is 19.6 Å². The molecule has 25 heteroatoms. The normalized spacial score (nSPS) is 13.5. The minimum Gasteiger partial charge on any atom is -0.508 e. The van der Waals surface area contributed by atoms with E-state index in [0.717, 1.165) is 6.92 Å². The number of nitrogens with one attached hydrogen (secondary N) is 6. The number of amides is 7. The first-order valence-electron chi connectivity index (χ1n) is 23.1. The van der Waals surface area contributed by atoms with Crippen molar-refractivity contribution < 1.29 is 53.7 Å². The van der Waals surface area contributed by atoms with Crippen molar-refractivity contribution in [3.63, 3.8) is 0 Å². The standard InChI is InChI=1S/C44H70N14O9.C2H4O2/c1-4-25(2)36(42(67)54-31(37(46)62)9-5-6-20-45)58-39(64)33(11-8-22-52-44(49)50)55-40(65)34(23-27-12-16-29(60)17-13-27)57-41(66)35(24-28-14-18-30(61)19-15-28)56-38(63)32(53-26(3)59)10-7-21-51-43(47)48;1-2(3)4/h12-19,25,31-36,60-61H,4-11,20-24,45H2,1-3H3,(H2,46,62)(H,53,59)(H,54,67)(H,55,65)(H,56,63)(H,57,66)(H,58,64)(H4,47,48,51)(H4,49,50,52);1H3,(H,3,4). The van der Waals surface area contributed by atoms with Crippen LogP contribution >= 0.6 is 0 Å². The number of carbonyl (C=O) groups is 8. The van der Waals surface area contributed by atoms with Gasteiger partial charge in [0.25, 0.3) is 5.97 Å². The lowest BCUT2D eigenvalue weighted by molar-refractivity contribution is -0.136. The van der Waals surface area contributed by atoms with Crippen LogP contribution in [0, 0.1) is 5.92 Å². The summed E-state index contributed by atoms with van der Waals surface area (Å²) in [6.07, 6.45) is 1.98. The smallest absolute Gasteiger partial charge is 0.300 e. The number of aliphatic carboxylic acids is 1. The second-order valence-corrected chi connectivity index (χ2v) is 16.7. The molecule has 2 rings (SSSR count). The van der Waals surface area contributed by atoms with Crippen LogP contribution in [0.5, 0.6) is 11.5 Å². The van der Waals surface area contributed by atoms with Gasteiger partial charge in [0.2, 0.25) is 41.4 Å². The Bertz CT molecular complexity index is 2090. The summed E-state index contributed by atoms with van der Waals surface area (Å²) < 4.78 is 0. The van der Waals surface area contributed by atoms with Crippen LogP contribution in [0.4, 0.5) is 0 Å². The number of nitrogens with two attached hydrogens (primary N) is 6. The molecule has 7 amide bonds. The fourth-order valence-electron chi connectivity index (χ4n) is 6.76. The molecule has 394 valence electrons. The van der Waals surface area contributed by atoms with Crippen LogP contribution in [-0.4, -0.2) is 130 Å². The highest BCUT2D eigenvalue weighted by atomic mass is 16.4. The quantitative estimate of drug-likeness (QED) is 0.0222. The molecule has 25 nitrogen and oxygen atoms in total. The van der Waals surface area contributed by atoms with E-state index in [0.29, 0.717) is 36.9 Å². The molecule has 2 aromatic carbocycles. The first-order chi connectivity index (χ1) is 33.5. The SMILES string of the molecule is CC(=O)O.CCC(C)C(NC(=O)C(CCCN=C(N)N)NC(=O)C(Cc1ccc(O)cc1)NC(=O)C(Cc1ccc(O)cc1)NC(=O)C(CCCN=C(N)N)NC(C)=O)C(=O)NC(CCCCN)C(N)=O. The number of guanidine groups is 2. The third-order valence-electron chi connectivity index (χ3n) is 10.6. The van der Waals surface area contributed by atoms with E-state index >= 15 is 0 Å². The van der Waals surface area contributed by atoms with Gasteiger partial charge >= 0.3 is 0 Å². The van der Waals surface area contributed by atoms with Crippen molar-refractivity contribution >= 4 is 59.2 Å². The van der Waals surface area contributed by atoms with Gasteiger partial charge in [-0.3, -0.25) is 48.3 Å². The number of carboxylic acid groups (broad SMARTS) is 1. The number of aliphatic imine (C=N–C) groups is 2. The van der Waals surface area contributed by atoms with Crippen molar-refractivity contribution in [2.24, 2.45) is 50.3 Å². The summed E-state index contributed by atoms with van der Waals surface area (Å²) in [6, 6.07) is 4.26. The molecule has 7 unspecified atom stereocenters. The molecule has 0 aromatic heterocycles. The number of rotatable bonds is 30. The van der Waals surface area contributed by atoms with Gasteiger partial charge in [0.15, 0.2) is 11.9 Å². The summed E-state index contributed by atoms with van der Waals surface area (Å²) in [5.41, 5.74) is 34.1. The fraction of sp³-hybridized carbons (Fsp3) is 0.522. The number of primary amides is 1. The summed E-state index contributed by atoms with van der Waals surface area (Å²) in [5.74, 6) is -6.87. The molecule has 0 aliphatic rings. The third kappa shape index (κ3) is 26.0. The van der Waals surface area contributed by atoms with Gasteiger partial charge in [0.1, 0.15) is 47.8 Å². The first-order valence-corrected chi connectivity index (χ1v) is 23.1. The maximum Gasteiger partial charge on any atom is 0.300 e. The van der Waals surface area contributed by atoms with E-state index < -0.39 is 89.5 Å². The van der Waals surface area contributed by atoms with Gasteiger partial charge in [-0.15, -0.1) is 0 Å². The maximum atomic E-state index is 14.5. The van der Waals surface area contributed by atoms with Crippen LogP contribution in [0.25, 0.3) is 0 Å². The van der Waals surface area contributed by atoms with Crippen LogP contribution in [0.1, 0.15) is 90.2 Å². The molecule has 2 aromatic rings. The number of benzene rings is 2. The lowest BCUT2D eigenvalue weighted by Crippen LogP contribution is -2.61. The minimum atomic E-state index is -1.42. The number of hydrogen-bond donors (Lipinski definition) is 15. The Morgan fingerprint density at radius 1 is 0.535 bits per heavy atom. The number of phenolic OH excluding ortho intramolecular Hbond substituents is 2. The zero-order chi connectivity index (χ0) is 53.6. The molecular weight excluding hydrogens is 925 g/mol. The Morgan fingerprint density at radius 2 is 0.901 bits per heavy atom. The van der Waals surface area contributed by atoms with E-state index in [9.17, 15) is 43.8 Å². The van der Waals surface area contributed by atoms with Gasteiger partial charge in [0, 0.05) is 39.8 Å². The van der Waals surface area contributed by atoms with Crippen molar-refractivity contribution in [1.82, 2.24) is 31.9 Å². The highest BCUT2D eigenvalue weighted by molar-refractivity contribution is 5.97. The predicted octanol–water partition coefficient (Wildman–Crippen LogP) is -2.33. The topological polar surface area (TPSA) is 450 Å². The van der Waals surface area contributed by atoms with E-state index in [-0.39, 0.29) is 81.5 Å². The fourth-order valence-corrected chi connectivity index (χ4v) is 6.76. The largest absolute Gasteiger partial charge is 0.508 e. The predicted molar refractivity (Wildman–Crippen MR) is 266 cm³/mol. The van der Waals surface area contributed by atoms with Gasteiger partial charge < -0.3 is 81.6 Å². The first kappa shape index (κ1) is 61.3. The zero-order valence-electron chi connectivity index (χ0n) is 40.8. The summed E-state index contributed by atoms with van der Waals surface area (Å²) >= 11 is 0. The monoisotopic (exact) mass is 999 g/mol. The number of hydrogen-bond acceptors (Lipinski definition) is 13. The van der Waals surface area contributed by atoms with E-state index in [4.69, 9.17) is 44.3 Å². The number of carbonyl (C=O) groups excluding carboxylic acids is 7. The molecule has 0 spiro atoms. The average Bonchev–Trinajstić information content (AvgIpc) is 3.29. The number of nitrogens with zero attached hydrogens (tertiary/aromatic N) is 2. The Hall–Kier alpha value is -7.70. The number of phenols is 2. The summed E-state index contributed by atoms with van der Waals surface area (Å²) in [6.45, 7) is 6.44. The van der Waals surface area contributed by atoms with Gasteiger partial charge in [-0.25, -0.2) is 0 Å². The Kier molecular flexibility index (Phi) is 28.4. The van der Waals surface area contributed by atoms with Crippen molar-refractivity contribution in [1.29, 1.82) is 0 Å². The second-order valence-electron chi connectivity index (χ2n) is 16.7. The van der Waals surface area contributed by atoms with Crippen LogP contribution in [0.15, 0.2) is 58.5 Å². The van der Waals surface area contributed by atoms with Gasteiger partial charge in [0.05, 0.1) is 0 Å². The van der Waals surface area contributed by atoms with Gasteiger partial charge in [-0.05, 0) is 92.8 Å². The van der Waals surface area contributed by atoms with Crippen LogP contribution in [0.3, 0.4) is 0 Å². The molecule has 7 atom stereocenters. The average molecular weight is 999 g/mol. The van der Waals surface area contributed by atoms with E-state index in [1.54, 1.807) is 6.92 Å². The molecule has 0 saturated carbocycles. The molecule has 0 aliphatic heterocycles. The Labute approximate surface area is 413 Å². The van der Waals surface area contributed by atoms with Crippen LogP contribution < -0.4 is 66.3 Å². The molecule has 21 N–H and O–H groups in total. The van der Waals surface area contributed by atoms with Crippen molar-refractivity contribution in [3.05, 3.63) is 59.7 Å². The highest BCUT2D eigenvalue weighted by Crippen LogP contribution is 2.16. The maximum absolute atomic E-state index is 14.5. The van der Waals surface area contributed by atoms with E-state index in [2.05, 4.69) is 41.9 Å². The van der Waals surface area contributed by atoms with Crippen LogP contribution in [0.2, 0.25) is 0 Å². The van der Waals surface area contributed by atoms with E-state index in [1.807, 2.05) is 6.92 Å². The summed E-state index contributed by atoms with van der Waals surface area (Å²) in [7, 11) is 0. The lowest BCUT2D eigenvalue weighted by atomic mass is 9.96. The lowest BCUT2D eigenvalue weighted by Gasteiger charge is -2.29.